The second-order valence-corrected chi connectivity index (χ2v) is 4.55. The molecule has 84 valence electrons. The average molecular weight is 322 g/mol. The summed E-state index contributed by atoms with van der Waals surface area (Å²) in [5, 5.41) is 0.372. The monoisotopic (exact) mass is 320 g/mol. The van der Waals surface area contributed by atoms with Crippen molar-refractivity contribution in [2.75, 3.05) is 6.26 Å². The lowest BCUT2D eigenvalue weighted by atomic mass is 10.3. The van der Waals surface area contributed by atoms with E-state index in [9.17, 15) is 13.2 Å². The van der Waals surface area contributed by atoms with Gasteiger partial charge in [0.1, 0.15) is 5.75 Å². The zero-order valence-corrected chi connectivity index (χ0v) is 10.5. The van der Waals surface area contributed by atoms with Crippen molar-refractivity contribution in [3.05, 3.63) is 21.6 Å². The minimum atomic E-state index is -4.69. The average Bonchev–Trinajstić information content (AvgIpc) is 2.08. The fraction of sp³-hybridized carbons (Fsp3) is 0.250. The van der Waals surface area contributed by atoms with Gasteiger partial charge >= 0.3 is 6.36 Å². The van der Waals surface area contributed by atoms with Crippen LogP contribution in [0.4, 0.5) is 13.2 Å². The van der Waals surface area contributed by atoms with E-state index in [1.807, 2.05) is 0 Å². The molecule has 0 atom stereocenters. The molecule has 0 aliphatic rings. The van der Waals surface area contributed by atoms with Crippen LogP contribution in [-0.4, -0.2) is 12.6 Å². The summed E-state index contributed by atoms with van der Waals surface area (Å²) in [6.45, 7) is 0. The maximum Gasteiger partial charge on any atom is 0.573 e. The summed E-state index contributed by atoms with van der Waals surface area (Å²) in [6, 6.07) is 2.42. The van der Waals surface area contributed by atoms with Gasteiger partial charge in [0, 0.05) is 9.37 Å². The highest BCUT2D eigenvalue weighted by molar-refractivity contribution is 9.10. The molecular weight excluding hydrogens is 317 g/mol. The third kappa shape index (κ3) is 3.77. The van der Waals surface area contributed by atoms with Crippen molar-refractivity contribution < 1.29 is 17.9 Å². The molecule has 0 unspecified atom stereocenters. The molecule has 0 aliphatic heterocycles. The van der Waals surface area contributed by atoms with Crippen LogP contribution in [-0.2, 0) is 0 Å². The first-order valence-corrected chi connectivity index (χ1v) is 6.02. The number of hydrogen-bond acceptors (Lipinski definition) is 2. The van der Waals surface area contributed by atoms with E-state index in [4.69, 9.17) is 11.6 Å². The maximum absolute atomic E-state index is 11.9. The summed E-state index contributed by atoms with van der Waals surface area (Å²) < 4.78 is 39.9. The summed E-state index contributed by atoms with van der Waals surface area (Å²) in [7, 11) is 0. The number of rotatable bonds is 2. The molecule has 15 heavy (non-hydrogen) atoms. The predicted molar refractivity (Wildman–Crippen MR) is 57.6 cm³/mol. The highest BCUT2D eigenvalue weighted by atomic mass is 79.9. The molecule has 0 saturated carbocycles. The van der Waals surface area contributed by atoms with Crippen LogP contribution in [0, 0.1) is 0 Å². The normalized spacial score (nSPS) is 11.6. The molecule has 0 radical (unpaired) electrons. The van der Waals surface area contributed by atoms with Crippen LogP contribution in [0.2, 0.25) is 5.02 Å². The number of halogens is 5. The first-order chi connectivity index (χ1) is 6.83. The van der Waals surface area contributed by atoms with E-state index in [-0.39, 0.29) is 5.75 Å². The molecule has 0 N–H and O–H groups in total. The third-order valence-corrected chi connectivity index (χ3v) is 3.56. The molecule has 1 nitrogen and oxygen atoms in total. The number of ether oxygens (including phenoxy) is 1. The van der Waals surface area contributed by atoms with Gasteiger partial charge in [0.15, 0.2) is 0 Å². The molecular formula is C8H5BrClF3OS. The summed E-state index contributed by atoms with van der Waals surface area (Å²) >= 11 is 10.1. The molecule has 0 aliphatic carbocycles. The lowest BCUT2D eigenvalue weighted by Crippen LogP contribution is -2.17. The quantitative estimate of drug-likeness (QED) is 0.729. The summed E-state index contributed by atoms with van der Waals surface area (Å²) in [5.74, 6) is -0.289. The Morgan fingerprint density at radius 2 is 2.00 bits per heavy atom. The fourth-order valence-corrected chi connectivity index (χ4v) is 2.32. The van der Waals surface area contributed by atoms with Crippen molar-refractivity contribution in [1.82, 2.24) is 0 Å². The van der Waals surface area contributed by atoms with Crippen LogP contribution in [0.1, 0.15) is 0 Å². The molecule has 0 heterocycles. The van der Waals surface area contributed by atoms with E-state index in [1.165, 1.54) is 23.9 Å². The Morgan fingerprint density at radius 1 is 1.40 bits per heavy atom. The minimum Gasteiger partial charge on any atom is -0.406 e. The first kappa shape index (κ1) is 13.0. The van der Waals surface area contributed by atoms with Gasteiger partial charge < -0.3 is 4.74 Å². The highest BCUT2D eigenvalue weighted by Gasteiger charge is 2.31. The van der Waals surface area contributed by atoms with Gasteiger partial charge in [-0.1, -0.05) is 11.6 Å². The lowest BCUT2D eigenvalue weighted by Gasteiger charge is -2.11. The van der Waals surface area contributed by atoms with Crippen LogP contribution in [0.5, 0.6) is 5.75 Å². The van der Waals surface area contributed by atoms with Gasteiger partial charge in [-0.15, -0.1) is 24.9 Å². The smallest absolute Gasteiger partial charge is 0.406 e. The van der Waals surface area contributed by atoms with Crippen molar-refractivity contribution in [2.45, 2.75) is 11.3 Å². The van der Waals surface area contributed by atoms with Gasteiger partial charge in [-0.2, -0.15) is 0 Å². The van der Waals surface area contributed by atoms with E-state index >= 15 is 0 Å². The number of thioether (sulfide) groups is 1. The van der Waals surface area contributed by atoms with E-state index in [2.05, 4.69) is 20.7 Å². The van der Waals surface area contributed by atoms with Crippen molar-refractivity contribution >= 4 is 39.3 Å². The zero-order chi connectivity index (χ0) is 11.6. The van der Waals surface area contributed by atoms with Crippen LogP contribution in [0.25, 0.3) is 0 Å². The minimum absolute atomic E-state index is 0.289. The van der Waals surface area contributed by atoms with Gasteiger partial charge in [-0.25, -0.2) is 0 Å². The maximum atomic E-state index is 11.9. The van der Waals surface area contributed by atoms with E-state index in [0.29, 0.717) is 14.4 Å². The summed E-state index contributed by atoms with van der Waals surface area (Å²) in [5.41, 5.74) is 0. The summed E-state index contributed by atoms with van der Waals surface area (Å²) in [4.78, 5) is 0.519. The van der Waals surface area contributed by atoms with Crippen molar-refractivity contribution in [2.24, 2.45) is 0 Å². The molecule has 0 fully saturated rings. The van der Waals surface area contributed by atoms with Crippen LogP contribution < -0.4 is 4.74 Å². The molecule has 0 bridgehead atoms. The number of hydrogen-bond donors (Lipinski definition) is 0. The molecule has 0 spiro atoms. The molecule has 1 aromatic carbocycles. The topological polar surface area (TPSA) is 9.23 Å². The SMILES string of the molecule is CSc1cc(OC(F)(F)F)cc(Br)c1Cl. The van der Waals surface area contributed by atoms with Crippen LogP contribution in [0.15, 0.2) is 21.5 Å². The first-order valence-electron chi connectivity index (χ1n) is 3.62. The van der Waals surface area contributed by atoms with Gasteiger partial charge in [0.05, 0.1) is 5.02 Å². The predicted octanol–water partition coefficient (Wildman–Crippen LogP) is 4.72. The molecule has 7 heteroatoms. The second kappa shape index (κ2) is 4.84. The van der Waals surface area contributed by atoms with Gasteiger partial charge in [0.25, 0.3) is 0 Å². The molecule has 1 aromatic rings. The molecule has 0 amide bonds. The van der Waals surface area contributed by atoms with Crippen LogP contribution in [0.3, 0.4) is 0 Å². The fourth-order valence-electron chi connectivity index (χ4n) is 0.881. The van der Waals surface area contributed by atoms with Gasteiger partial charge in [-0.3, -0.25) is 0 Å². The third-order valence-electron chi connectivity index (χ3n) is 1.42. The molecule has 1 rings (SSSR count). The second-order valence-electron chi connectivity index (χ2n) is 2.47. The Kier molecular flexibility index (Phi) is 4.20. The van der Waals surface area contributed by atoms with Crippen molar-refractivity contribution in [3.63, 3.8) is 0 Å². The largest absolute Gasteiger partial charge is 0.573 e. The Bertz CT molecular complexity index is 370. The number of benzene rings is 1. The van der Waals surface area contributed by atoms with Crippen LogP contribution >= 0.6 is 39.3 Å². The van der Waals surface area contributed by atoms with Crippen molar-refractivity contribution in [3.8, 4) is 5.75 Å². The Balaban J connectivity index is 3.06. The number of alkyl halides is 3. The highest BCUT2D eigenvalue weighted by Crippen LogP contribution is 2.37. The summed E-state index contributed by atoms with van der Waals surface area (Å²) in [6.07, 6.45) is -2.98. The zero-order valence-electron chi connectivity index (χ0n) is 7.36. The standard InChI is InChI=1S/C8H5BrClF3OS/c1-15-6-3-4(14-8(11,12)13)2-5(9)7(6)10/h2-3H,1H3. The van der Waals surface area contributed by atoms with Crippen molar-refractivity contribution in [1.29, 1.82) is 0 Å². The van der Waals surface area contributed by atoms with Gasteiger partial charge in [0.2, 0.25) is 0 Å². The lowest BCUT2D eigenvalue weighted by molar-refractivity contribution is -0.274. The Labute approximate surface area is 102 Å². The Hall–Kier alpha value is -0.0700. The van der Waals surface area contributed by atoms with E-state index in [0.717, 1.165) is 0 Å². The molecule has 0 aromatic heterocycles. The van der Waals surface area contributed by atoms with E-state index < -0.39 is 6.36 Å². The Morgan fingerprint density at radius 3 is 2.47 bits per heavy atom. The van der Waals surface area contributed by atoms with E-state index in [1.54, 1.807) is 6.26 Å². The molecule has 0 saturated heterocycles. The van der Waals surface area contributed by atoms with Gasteiger partial charge in [-0.05, 0) is 34.3 Å².